The van der Waals surface area contributed by atoms with Crippen LogP contribution in [0, 0.1) is 23.7 Å². The zero-order valence-corrected chi connectivity index (χ0v) is 13.8. The average molecular weight is 348 g/mol. The van der Waals surface area contributed by atoms with Gasteiger partial charge in [0.25, 0.3) is 0 Å². The van der Waals surface area contributed by atoms with Crippen LogP contribution in [0.2, 0.25) is 0 Å². The maximum Gasteiger partial charge on any atom is 0.244 e. The van der Waals surface area contributed by atoms with Crippen molar-refractivity contribution in [2.45, 2.75) is 6.42 Å². The number of carbonyl (C=O) groups excluding carboxylic acids is 3. The van der Waals surface area contributed by atoms with E-state index in [2.05, 4.69) is 15.3 Å². The molecule has 130 valence electrons. The van der Waals surface area contributed by atoms with Gasteiger partial charge in [-0.25, -0.2) is 0 Å². The van der Waals surface area contributed by atoms with Gasteiger partial charge in [0, 0.05) is 18.1 Å². The van der Waals surface area contributed by atoms with E-state index in [0.717, 1.165) is 16.8 Å². The van der Waals surface area contributed by atoms with Crippen LogP contribution in [-0.2, 0) is 14.4 Å². The second-order valence-corrected chi connectivity index (χ2v) is 7.07. The SMILES string of the molecule is O=C(CN1C(=O)[C@@H]2[C@H](C1=O)[C@H]1C=C[C@H]2C1)Nc1ccc2nccnc2c1. The number of imide groups is 1. The summed E-state index contributed by atoms with van der Waals surface area (Å²) in [7, 11) is 0. The summed E-state index contributed by atoms with van der Waals surface area (Å²) in [5.74, 6) is -1.08. The lowest BCUT2D eigenvalue weighted by Crippen LogP contribution is -2.39. The molecule has 1 N–H and O–H groups in total. The summed E-state index contributed by atoms with van der Waals surface area (Å²) in [5, 5.41) is 2.74. The normalized spacial score (nSPS) is 28.8. The molecule has 2 fully saturated rings. The summed E-state index contributed by atoms with van der Waals surface area (Å²) >= 11 is 0. The standard InChI is InChI=1S/C19H16N4O3/c24-15(22-12-3-4-13-14(8-12)21-6-5-20-13)9-23-18(25)16-10-1-2-11(7-10)17(16)19(23)26/h1-6,8,10-11,16-17H,7,9H2,(H,22,24)/t10-,11-,16-,17+/m0/s1. The third kappa shape index (κ3) is 2.16. The molecule has 0 radical (unpaired) electrons. The molecule has 0 spiro atoms. The smallest absolute Gasteiger partial charge is 0.244 e. The van der Waals surface area contributed by atoms with Gasteiger partial charge in [0.05, 0.1) is 22.9 Å². The lowest BCUT2D eigenvalue weighted by atomic mass is 9.85. The quantitative estimate of drug-likeness (QED) is 0.668. The molecule has 1 aliphatic heterocycles. The summed E-state index contributed by atoms with van der Waals surface area (Å²) in [6.45, 7) is -0.247. The monoisotopic (exact) mass is 348 g/mol. The second-order valence-electron chi connectivity index (χ2n) is 7.07. The predicted octanol–water partition coefficient (Wildman–Crippen LogP) is 1.38. The molecule has 2 bridgehead atoms. The van der Waals surface area contributed by atoms with Crippen LogP contribution in [0.25, 0.3) is 11.0 Å². The zero-order chi connectivity index (χ0) is 17.8. The first-order valence-corrected chi connectivity index (χ1v) is 8.66. The summed E-state index contributed by atoms with van der Waals surface area (Å²) in [4.78, 5) is 47.1. The predicted molar refractivity (Wildman–Crippen MR) is 92.6 cm³/mol. The minimum Gasteiger partial charge on any atom is -0.324 e. The Kier molecular flexibility index (Phi) is 3.19. The van der Waals surface area contributed by atoms with Crippen LogP contribution in [0.4, 0.5) is 5.69 Å². The first kappa shape index (κ1) is 15.2. The van der Waals surface area contributed by atoms with Crippen molar-refractivity contribution >= 4 is 34.4 Å². The maximum absolute atomic E-state index is 12.6. The second kappa shape index (κ2) is 5.45. The van der Waals surface area contributed by atoms with Gasteiger partial charge in [0.15, 0.2) is 0 Å². The molecule has 3 aliphatic rings. The van der Waals surface area contributed by atoms with E-state index >= 15 is 0 Å². The number of aromatic nitrogens is 2. The number of amides is 3. The molecule has 7 heteroatoms. The number of rotatable bonds is 3. The first-order valence-electron chi connectivity index (χ1n) is 8.66. The fraction of sp³-hybridized carbons (Fsp3) is 0.316. The van der Waals surface area contributed by atoms with E-state index in [0.29, 0.717) is 11.2 Å². The van der Waals surface area contributed by atoms with E-state index < -0.39 is 5.91 Å². The fourth-order valence-corrected chi connectivity index (χ4v) is 4.51. The van der Waals surface area contributed by atoms with Gasteiger partial charge < -0.3 is 5.32 Å². The molecule has 1 aromatic heterocycles. The van der Waals surface area contributed by atoms with E-state index in [1.165, 1.54) is 0 Å². The number of nitrogens with one attached hydrogen (secondary N) is 1. The topological polar surface area (TPSA) is 92.3 Å². The molecule has 4 atom stereocenters. The van der Waals surface area contributed by atoms with E-state index in [4.69, 9.17) is 0 Å². The average Bonchev–Trinajstić information content (AvgIpc) is 3.32. The number of hydrogen-bond acceptors (Lipinski definition) is 5. The highest BCUT2D eigenvalue weighted by atomic mass is 16.2. The lowest BCUT2D eigenvalue weighted by molar-refractivity contribution is -0.143. The van der Waals surface area contributed by atoms with Crippen molar-refractivity contribution in [2.75, 3.05) is 11.9 Å². The number of likely N-dealkylation sites (tertiary alicyclic amines) is 1. The van der Waals surface area contributed by atoms with Gasteiger partial charge in [-0.15, -0.1) is 0 Å². The van der Waals surface area contributed by atoms with Crippen LogP contribution >= 0.6 is 0 Å². The minimum absolute atomic E-state index is 0.147. The van der Waals surface area contributed by atoms with Gasteiger partial charge in [0.1, 0.15) is 6.54 Å². The van der Waals surface area contributed by atoms with E-state index in [-0.39, 0.29) is 42.0 Å². The number of fused-ring (bicyclic) bond motifs is 6. The highest BCUT2D eigenvalue weighted by molar-refractivity contribution is 6.09. The number of benzene rings is 1. The Labute approximate surface area is 149 Å². The summed E-state index contributed by atoms with van der Waals surface area (Å²) in [6, 6.07) is 5.20. The number of hydrogen-bond donors (Lipinski definition) is 1. The molecule has 1 aromatic carbocycles. The molecule has 7 nitrogen and oxygen atoms in total. The van der Waals surface area contributed by atoms with Crippen molar-refractivity contribution in [1.29, 1.82) is 0 Å². The van der Waals surface area contributed by atoms with Crippen LogP contribution in [0.3, 0.4) is 0 Å². The molecular formula is C19H16N4O3. The van der Waals surface area contributed by atoms with Crippen LogP contribution in [0.5, 0.6) is 0 Å². The van der Waals surface area contributed by atoms with Crippen molar-refractivity contribution < 1.29 is 14.4 Å². The molecule has 1 saturated heterocycles. The maximum atomic E-state index is 12.6. The Morgan fingerprint density at radius 3 is 2.38 bits per heavy atom. The van der Waals surface area contributed by atoms with Crippen molar-refractivity contribution in [2.24, 2.45) is 23.7 Å². The zero-order valence-electron chi connectivity index (χ0n) is 13.8. The third-order valence-corrected chi connectivity index (χ3v) is 5.62. The van der Waals surface area contributed by atoms with Crippen LogP contribution < -0.4 is 5.32 Å². The van der Waals surface area contributed by atoms with Crippen molar-refractivity contribution in [3.63, 3.8) is 0 Å². The van der Waals surface area contributed by atoms with Gasteiger partial charge in [-0.1, -0.05) is 12.2 Å². The summed E-state index contributed by atoms with van der Waals surface area (Å²) in [5.41, 5.74) is 1.95. The first-order chi connectivity index (χ1) is 12.6. The number of allylic oxidation sites excluding steroid dienone is 2. The van der Waals surface area contributed by atoms with Crippen molar-refractivity contribution in [1.82, 2.24) is 14.9 Å². The van der Waals surface area contributed by atoms with Gasteiger partial charge in [0.2, 0.25) is 17.7 Å². The van der Waals surface area contributed by atoms with E-state index in [1.807, 2.05) is 12.2 Å². The van der Waals surface area contributed by atoms with Gasteiger partial charge >= 0.3 is 0 Å². The van der Waals surface area contributed by atoms with Crippen LogP contribution in [-0.4, -0.2) is 39.1 Å². The van der Waals surface area contributed by atoms with Crippen molar-refractivity contribution in [3.05, 3.63) is 42.7 Å². The molecule has 2 aliphatic carbocycles. The third-order valence-electron chi connectivity index (χ3n) is 5.62. The van der Waals surface area contributed by atoms with Crippen LogP contribution in [0.15, 0.2) is 42.7 Å². The molecule has 26 heavy (non-hydrogen) atoms. The molecule has 5 rings (SSSR count). The Morgan fingerprint density at radius 1 is 1.04 bits per heavy atom. The van der Waals surface area contributed by atoms with E-state index in [1.54, 1.807) is 30.6 Å². The largest absolute Gasteiger partial charge is 0.324 e. The molecular weight excluding hydrogens is 332 g/mol. The Hall–Kier alpha value is -3.09. The minimum atomic E-state index is -0.393. The lowest BCUT2D eigenvalue weighted by Gasteiger charge is -2.16. The van der Waals surface area contributed by atoms with Gasteiger partial charge in [-0.05, 0) is 36.5 Å². The Balaban J connectivity index is 1.31. The molecule has 1 saturated carbocycles. The highest BCUT2D eigenvalue weighted by Crippen LogP contribution is 2.52. The fourth-order valence-electron chi connectivity index (χ4n) is 4.51. The molecule has 2 heterocycles. The Morgan fingerprint density at radius 2 is 1.69 bits per heavy atom. The number of anilines is 1. The van der Waals surface area contributed by atoms with Gasteiger partial charge in [-0.2, -0.15) is 0 Å². The van der Waals surface area contributed by atoms with E-state index in [9.17, 15) is 14.4 Å². The number of nitrogens with zero attached hydrogens (tertiary/aromatic N) is 3. The highest BCUT2D eigenvalue weighted by Gasteiger charge is 2.59. The molecule has 3 amide bonds. The number of carbonyl (C=O) groups is 3. The Bertz CT molecular complexity index is 956. The molecule has 2 aromatic rings. The van der Waals surface area contributed by atoms with Gasteiger partial charge in [-0.3, -0.25) is 29.3 Å². The summed E-state index contributed by atoms with van der Waals surface area (Å²) in [6.07, 6.45) is 8.14. The summed E-state index contributed by atoms with van der Waals surface area (Å²) < 4.78 is 0. The van der Waals surface area contributed by atoms with Crippen molar-refractivity contribution in [3.8, 4) is 0 Å². The molecule has 0 unspecified atom stereocenters. The van der Waals surface area contributed by atoms with Crippen LogP contribution in [0.1, 0.15) is 6.42 Å².